The molecule has 8 heteroatoms. The molecule has 0 unspecified atom stereocenters. The van der Waals surface area contributed by atoms with E-state index in [1.807, 2.05) is 38.1 Å². The van der Waals surface area contributed by atoms with Crippen molar-refractivity contribution in [2.24, 2.45) is 11.1 Å². The van der Waals surface area contributed by atoms with E-state index < -0.39 is 11.9 Å². The largest absolute Gasteiger partial charge is 0.391 e. The predicted molar refractivity (Wildman–Crippen MR) is 132 cm³/mol. The van der Waals surface area contributed by atoms with E-state index in [4.69, 9.17) is 28.0 Å². The molecule has 33 heavy (non-hydrogen) atoms. The van der Waals surface area contributed by atoms with Crippen molar-refractivity contribution in [3.8, 4) is 0 Å². The van der Waals surface area contributed by atoms with Gasteiger partial charge in [0.1, 0.15) is 6.61 Å². The van der Waals surface area contributed by atoms with E-state index >= 15 is 0 Å². The summed E-state index contributed by atoms with van der Waals surface area (Å²) in [6.07, 6.45) is 0. The summed E-state index contributed by atoms with van der Waals surface area (Å²) in [6.45, 7) is 4.35. The van der Waals surface area contributed by atoms with Gasteiger partial charge in [0.05, 0.1) is 16.3 Å². The first-order valence-corrected chi connectivity index (χ1v) is 11.0. The van der Waals surface area contributed by atoms with Crippen LogP contribution in [0.25, 0.3) is 0 Å². The molecule has 3 aromatic carbocycles. The number of rotatable bonds is 7. The van der Waals surface area contributed by atoms with Gasteiger partial charge in [-0.05, 0) is 53.4 Å². The average molecular weight is 484 g/mol. The van der Waals surface area contributed by atoms with E-state index in [0.717, 1.165) is 16.8 Å². The Kier molecular flexibility index (Phi) is 8.46. The fraction of sp³-hybridized carbons (Fsp3) is 0.160. The number of nitrogens with zero attached hydrogens (tertiary/aromatic N) is 1. The third-order valence-electron chi connectivity index (χ3n) is 4.64. The second kappa shape index (κ2) is 11.5. The molecule has 0 aliphatic rings. The zero-order valence-electron chi connectivity index (χ0n) is 18.1. The Morgan fingerprint density at radius 1 is 0.939 bits per heavy atom. The van der Waals surface area contributed by atoms with Gasteiger partial charge >= 0.3 is 6.03 Å². The van der Waals surface area contributed by atoms with Crippen molar-refractivity contribution >= 4 is 46.5 Å². The number of hydrogen-bond donors (Lipinski definition) is 2. The lowest BCUT2D eigenvalue weighted by Gasteiger charge is -2.11. The number of carbonyl (C=O) groups excluding carboxylic acids is 2. The lowest BCUT2D eigenvalue weighted by Crippen LogP contribution is -2.34. The number of benzene rings is 3. The highest BCUT2D eigenvalue weighted by molar-refractivity contribution is 6.34. The second-order valence-corrected chi connectivity index (χ2v) is 8.34. The lowest BCUT2D eigenvalue weighted by molar-refractivity contribution is 0.0967. The van der Waals surface area contributed by atoms with E-state index in [1.54, 1.807) is 48.5 Å². The molecule has 0 saturated carbocycles. The molecule has 0 fully saturated rings. The molecular weight excluding hydrogens is 461 g/mol. The normalized spacial score (nSPS) is 11.2. The number of halogens is 2. The quantitative estimate of drug-likeness (QED) is 0.296. The lowest BCUT2D eigenvalue weighted by atomic mass is 10.0. The Morgan fingerprint density at radius 3 is 2.24 bits per heavy atom. The Morgan fingerprint density at radius 2 is 1.61 bits per heavy atom. The maximum atomic E-state index is 12.2. The number of nitrogens with one attached hydrogen (secondary N) is 2. The number of anilines is 1. The second-order valence-electron chi connectivity index (χ2n) is 7.50. The molecule has 170 valence electrons. The first-order valence-electron chi connectivity index (χ1n) is 10.2. The van der Waals surface area contributed by atoms with Crippen LogP contribution >= 0.6 is 23.2 Å². The molecule has 0 saturated heterocycles. The number of amides is 3. The van der Waals surface area contributed by atoms with E-state index in [9.17, 15) is 9.59 Å². The van der Waals surface area contributed by atoms with Crippen LogP contribution in [-0.2, 0) is 11.4 Å². The summed E-state index contributed by atoms with van der Waals surface area (Å²) in [5, 5.41) is 10.1. The summed E-state index contributed by atoms with van der Waals surface area (Å²) in [4.78, 5) is 29.9. The van der Waals surface area contributed by atoms with Crippen LogP contribution in [0.1, 0.15) is 35.3 Å². The molecular formula is C25H23Cl2N3O3. The zero-order valence-corrected chi connectivity index (χ0v) is 19.7. The van der Waals surface area contributed by atoms with Gasteiger partial charge in [0.15, 0.2) is 0 Å². The molecule has 3 amide bonds. The summed E-state index contributed by atoms with van der Waals surface area (Å²) in [7, 11) is 0. The summed E-state index contributed by atoms with van der Waals surface area (Å²) < 4.78 is 0. The van der Waals surface area contributed by atoms with Crippen LogP contribution in [0, 0.1) is 5.92 Å². The SMILES string of the molecule is CC(C)C(=NOCc1ccc(NC(=O)NC(=O)c2ccccc2Cl)cc1)c1ccc(Cl)cc1. The standard InChI is InChI=1S/C25H23Cl2N3O3/c1-16(2)23(18-9-11-19(26)12-10-18)30-33-15-17-7-13-20(14-8-17)28-25(32)29-24(31)21-5-3-4-6-22(21)27/h3-14,16H,15H2,1-2H3,(H2,28,29,31,32). The average Bonchev–Trinajstić information content (AvgIpc) is 2.78. The van der Waals surface area contributed by atoms with Crippen LogP contribution in [0.5, 0.6) is 0 Å². The molecule has 0 bridgehead atoms. The summed E-state index contributed by atoms with van der Waals surface area (Å²) >= 11 is 11.9. The summed E-state index contributed by atoms with van der Waals surface area (Å²) in [6, 6.07) is 20.3. The van der Waals surface area contributed by atoms with Gasteiger partial charge in [0, 0.05) is 10.7 Å². The molecule has 0 aliphatic carbocycles. The third kappa shape index (κ3) is 7.07. The number of urea groups is 1. The highest BCUT2D eigenvalue weighted by atomic mass is 35.5. The fourth-order valence-electron chi connectivity index (χ4n) is 2.95. The van der Waals surface area contributed by atoms with E-state index in [0.29, 0.717) is 10.7 Å². The van der Waals surface area contributed by atoms with Crippen LogP contribution in [-0.4, -0.2) is 17.6 Å². The van der Waals surface area contributed by atoms with Gasteiger partial charge in [-0.15, -0.1) is 0 Å². The summed E-state index contributed by atoms with van der Waals surface area (Å²) in [5.74, 6) is -0.410. The molecule has 3 aromatic rings. The van der Waals surface area contributed by atoms with Crippen LogP contribution in [0.4, 0.5) is 10.5 Å². The molecule has 0 spiro atoms. The molecule has 0 radical (unpaired) electrons. The first kappa shape index (κ1) is 24.3. The molecule has 0 atom stereocenters. The maximum Gasteiger partial charge on any atom is 0.326 e. The van der Waals surface area contributed by atoms with Gasteiger partial charge in [-0.25, -0.2) is 4.79 Å². The molecule has 2 N–H and O–H groups in total. The molecule has 0 aromatic heterocycles. The van der Waals surface area contributed by atoms with Gasteiger partial charge in [0.2, 0.25) is 0 Å². The van der Waals surface area contributed by atoms with Crippen LogP contribution < -0.4 is 10.6 Å². The van der Waals surface area contributed by atoms with Crippen molar-refractivity contribution in [1.82, 2.24) is 5.32 Å². The number of imide groups is 1. The summed E-state index contributed by atoms with van der Waals surface area (Å²) in [5.41, 5.74) is 3.39. The molecule has 6 nitrogen and oxygen atoms in total. The van der Waals surface area contributed by atoms with Crippen LogP contribution in [0.2, 0.25) is 10.0 Å². The van der Waals surface area contributed by atoms with Crippen molar-refractivity contribution in [3.63, 3.8) is 0 Å². The van der Waals surface area contributed by atoms with Crippen LogP contribution in [0.15, 0.2) is 78.0 Å². The Bertz CT molecular complexity index is 1140. The smallest absolute Gasteiger partial charge is 0.326 e. The fourth-order valence-corrected chi connectivity index (χ4v) is 3.30. The predicted octanol–water partition coefficient (Wildman–Crippen LogP) is 6.53. The van der Waals surface area contributed by atoms with Gasteiger partial charge in [0.25, 0.3) is 5.91 Å². The third-order valence-corrected chi connectivity index (χ3v) is 5.22. The minimum Gasteiger partial charge on any atom is -0.391 e. The van der Waals surface area contributed by atoms with Gasteiger partial charge < -0.3 is 10.2 Å². The Balaban J connectivity index is 1.55. The van der Waals surface area contributed by atoms with Gasteiger partial charge in [-0.3, -0.25) is 10.1 Å². The van der Waals surface area contributed by atoms with E-state index in [-0.39, 0.29) is 23.1 Å². The topological polar surface area (TPSA) is 79.8 Å². The van der Waals surface area contributed by atoms with Crippen molar-refractivity contribution in [1.29, 1.82) is 0 Å². The number of hydrogen-bond acceptors (Lipinski definition) is 4. The van der Waals surface area contributed by atoms with Crippen LogP contribution in [0.3, 0.4) is 0 Å². The number of carbonyl (C=O) groups is 2. The monoisotopic (exact) mass is 483 g/mol. The van der Waals surface area contributed by atoms with E-state index in [1.165, 1.54) is 0 Å². The van der Waals surface area contributed by atoms with Gasteiger partial charge in [-0.2, -0.15) is 0 Å². The van der Waals surface area contributed by atoms with Crippen molar-refractivity contribution in [2.45, 2.75) is 20.5 Å². The molecule has 0 aliphatic heterocycles. The highest BCUT2D eigenvalue weighted by Crippen LogP contribution is 2.17. The molecule has 0 heterocycles. The maximum absolute atomic E-state index is 12.2. The minimum absolute atomic E-state index is 0.171. The highest BCUT2D eigenvalue weighted by Gasteiger charge is 2.13. The van der Waals surface area contributed by atoms with Crippen molar-refractivity contribution in [3.05, 3.63) is 99.5 Å². The van der Waals surface area contributed by atoms with Crippen molar-refractivity contribution in [2.75, 3.05) is 5.32 Å². The Labute approximate surface area is 202 Å². The Hall–Kier alpha value is -3.35. The molecule has 3 rings (SSSR count). The number of oxime groups is 1. The first-order chi connectivity index (χ1) is 15.8. The van der Waals surface area contributed by atoms with Crippen molar-refractivity contribution < 1.29 is 14.4 Å². The minimum atomic E-state index is -0.655. The van der Waals surface area contributed by atoms with E-state index in [2.05, 4.69) is 15.8 Å². The van der Waals surface area contributed by atoms with Gasteiger partial charge in [-0.1, -0.05) is 78.6 Å². The zero-order chi connectivity index (χ0) is 23.8.